The van der Waals surface area contributed by atoms with Gasteiger partial charge in [0.05, 0.1) is 11.8 Å². The number of hydrogen-bond acceptors (Lipinski definition) is 3. The highest BCUT2D eigenvalue weighted by molar-refractivity contribution is 9.10. The number of nitrogens with two attached hydrogens (primary N) is 1. The monoisotopic (exact) mass is 326 g/mol. The standard InChI is InChI=1S/C15H23BrN2O/c1-10(17)13-3-4-15(14(16)9-13)18-7-5-12(6-8-18)11(2)19/h3-4,9-12,19H,5-8,17H2,1-2H3. The molecule has 0 aliphatic carbocycles. The van der Waals surface area contributed by atoms with E-state index >= 15 is 0 Å². The summed E-state index contributed by atoms with van der Waals surface area (Å²) in [4.78, 5) is 2.38. The molecular weight excluding hydrogens is 304 g/mol. The van der Waals surface area contributed by atoms with Crippen LogP contribution in [0.2, 0.25) is 0 Å². The maximum atomic E-state index is 9.64. The topological polar surface area (TPSA) is 49.5 Å². The molecule has 1 aliphatic rings. The van der Waals surface area contributed by atoms with Gasteiger partial charge in [0.25, 0.3) is 0 Å². The maximum Gasteiger partial charge on any atom is 0.0541 e. The number of benzene rings is 1. The SMILES string of the molecule is CC(N)c1ccc(N2CCC(C(C)O)CC2)c(Br)c1. The normalized spacial score (nSPS) is 20.4. The molecule has 0 saturated carbocycles. The van der Waals surface area contributed by atoms with Crippen molar-refractivity contribution in [2.45, 2.75) is 38.8 Å². The molecule has 2 rings (SSSR count). The van der Waals surface area contributed by atoms with Gasteiger partial charge in [-0.3, -0.25) is 0 Å². The zero-order valence-corrected chi connectivity index (χ0v) is 13.2. The Morgan fingerprint density at radius 3 is 2.42 bits per heavy atom. The highest BCUT2D eigenvalue weighted by Crippen LogP contribution is 2.32. The van der Waals surface area contributed by atoms with Crippen LogP contribution < -0.4 is 10.6 Å². The largest absolute Gasteiger partial charge is 0.393 e. The van der Waals surface area contributed by atoms with Crippen LogP contribution in [0.3, 0.4) is 0 Å². The average Bonchev–Trinajstić information content (AvgIpc) is 2.38. The molecule has 19 heavy (non-hydrogen) atoms. The molecule has 3 N–H and O–H groups in total. The average molecular weight is 327 g/mol. The summed E-state index contributed by atoms with van der Waals surface area (Å²) in [5.41, 5.74) is 8.28. The van der Waals surface area contributed by atoms with E-state index in [0.717, 1.165) is 36.0 Å². The summed E-state index contributed by atoms with van der Waals surface area (Å²) < 4.78 is 1.11. The van der Waals surface area contributed by atoms with Crippen molar-refractivity contribution in [2.75, 3.05) is 18.0 Å². The number of aliphatic hydroxyl groups is 1. The molecule has 1 saturated heterocycles. The lowest BCUT2D eigenvalue weighted by atomic mass is 9.92. The smallest absolute Gasteiger partial charge is 0.0541 e. The molecular formula is C15H23BrN2O. The summed E-state index contributed by atoms with van der Waals surface area (Å²) in [5, 5.41) is 9.64. The highest BCUT2D eigenvalue weighted by Gasteiger charge is 2.23. The van der Waals surface area contributed by atoms with E-state index in [1.165, 1.54) is 5.69 Å². The first kappa shape index (κ1) is 14.8. The Labute approximate surface area is 123 Å². The second kappa shape index (κ2) is 6.25. The van der Waals surface area contributed by atoms with Gasteiger partial charge >= 0.3 is 0 Å². The van der Waals surface area contributed by atoms with Crippen LogP contribution in [0, 0.1) is 5.92 Å². The van der Waals surface area contributed by atoms with Gasteiger partial charge in [-0.2, -0.15) is 0 Å². The van der Waals surface area contributed by atoms with Crippen molar-refractivity contribution in [2.24, 2.45) is 11.7 Å². The fourth-order valence-corrected chi connectivity index (χ4v) is 3.33. The van der Waals surface area contributed by atoms with Crippen molar-refractivity contribution in [3.05, 3.63) is 28.2 Å². The van der Waals surface area contributed by atoms with Crippen molar-refractivity contribution in [1.82, 2.24) is 0 Å². The summed E-state index contributed by atoms with van der Waals surface area (Å²) >= 11 is 3.65. The van der Waals surface area contributed by atoms with Crippen LogP contribution in [0.4, 0.5) is 5.69 Å². The van der Waals surface area contributed by atoms with Gasteiger partial charge < -0.3 is 15.7 Å². The fraction of sp³-hybridized carbons (Fsp3) is 0.600. The fourth-order valence-electron chi connectivity index (χ4n) is 2.69. The van der Waals surface area contributed by atoms with Crippen molar-refractivity contribution in [1.29, 1.82) is 0 Å². The summed E-state index contributed by atoms with van der Waals surface area (Å²) in [7, 11) is 0. The molecule has 4 heteroatoms. The Morgan fingerprint density at radius 2 is 1.95 bits per heavy atom. The van der Waals surface area contributed by atoms with Crippen LogP contribution in [0.25, 0.3) is 0 Å². The quantitative estimate of drug-likeness (QED) is 0.897. The third kappa shape index (κ3) is 3.50. The lowest BCUT2D eigenvalue weighted by Gasteiger charge is -2.35. The van der Waals surface area contributed by atoms with E-state index in [1.54, 1.807) is 0 Å². The minimum absolute atomic E-state index is 0.0614. The van der Waals surface area contributed by atoms with Crippen LogP contribution in [0.15, 0.2) is 22.7 Å². The van der Waals surface area contributed by atoms with Crippen LogP contribution in [0.5, 0.6) is 0 Å². The van der Waals surface area contributed by atoms with E-state index in [9.17, 15) is 5.11 Å². The molecule has 1 aromatic rings. The van der Waals surface area contributed by atoms with Gasteiger partial charge in [0.1, 0.15) is 0 Å². The summed E-state index contributed by atoms with van der Waals surface area (Å²) in [5.74, 6) is 0.443. The number of anilines is 1. The molecule has 0 aromatic heterocycles. The molecule has 1 aliphatic heterocycles. The number of hydrogen-bond donors (Lipinski definition) is 2. The van der Waals surface area contributed by atoms with Crippen molar-refractivity contribution in [3.63, 3.8) is 0 Å². The van der Waals surface area contributed by atoms with E-state index in [-0.39, 0.29) is 12.1 Å². The van der Waals surface area contributed by atoms with Gasteiger partial charge in [-0.1, -0.05) is 6.07 Å². The third-order valence-corrected chi connectivity index (χ3v) is 4.70. The molecule has 2 unspecified atom stereocenters. The number of rotatable bonds is 3. The lowest BCUT2D eigenvalue weighted by Crippen LogP contribution is -2.37. The molecule has 1 fully saturated rings. The zero-order valence-electron chi connectivity index (χ0n) is 11.6. The zero-order chi connectivity index (χ0) is 14.0. The predicted octanol–water partition coefficient (Wildman–Crippen LogP) is 3.07. The molecule has 2 atom stereocenters. The summed E-state index contributed by atoms with van der Waals surface area (Å²) in [6.07, 6.45) is 1.92. The van der Waals surface area contributed by atoms with Crippen molar-refractivity contribution >= 4 is 21.6 Å². The van der Waals surface area contributed by atoms with Crippen molar-refractivity contribution in [3.8, 4) is 0 Å². The lowest BCUT2D eigenvalue weighted by molar-refractivity contribution is 0.110. The first-order valence-electron chi connectivity index (χ1n) is 6.97. The second-order valence-corrected chi connectivity index (χ2v) is 6.42. The van der Waals surface area contributed by atoms with E-state index in [2.05, 4.69) is 39.0 Å². The van der Waals surface area contributed by atoms with Crippen molar-refractivity contribution < 1.29 is 5.11 Å². The highest BCUT2D eigenvalue weighted by atomic mass is 79.9. The third-order valence-electron chi connectivity index (χ3n) is 4.06. The predicted molar refractivity (Wildman–Crippen MR) is 83.4 cm³/mol. The Kier molecular flexibility index (Phi) is 4.87. The summed E-state index contributed by atoms with van der Waals surface area (Å²) in [6, 6.07) is 6.42. The van der Waals surface area contributed by atoms with Crippen LogP contribution >= 0.6 is 15.9 Å². The van der Waals surface area contributed by atoms with E-state index in [0.29, 0.717) is 5.92 Å². The molecule has 0 amide bonds. The Bertz CT molecular complexity index is 426. The Hall–Kier alpha value is -0.580. The second-order valence-electron chi connectivity index (χ2n) is 5.56. The van der Waals surface area contributed by atoms with Gasteiger partial charge in [-0.15, -0.1) is 0 Å². The van der Waals surface area contributed by atoms with Crippen LogP contribution in [0.1, 0.15) is 38.3 Å². The first-order chi connectivity index (χ1) is 8.99. The number of aliphatic hydroxyl groups excluding tert-OH is 1. The number of halogens is 1. The van der Waals surface area contributed by atoms with Gasteiger partial charge in [0.2, 0.25) is 0 Å². The Morgan fingerprint density at radius 1 is 1.32 bits per heavy atom. The molecule has 0 radical (unpaired) electrons. The molecule has 1 heterocycles. The molecule has 0 bridgehead atoms. The van der Waals surface area contributed by atoms with E-state index < -0.39 is 0 Å². The van der Waals surface area contributed by atoms with Gasteiger partial charge in [-0.25, -0.2) is 0 Å². The van der Waals surface area contributed by atoms with Gasteiger partial charge in [-0.05, 0) is 66.2 Å². The van der Waals surface area contributed by atoms with Crippen LogP contribution in [-0.2, 0) is 0 Å². The molecule has 106 valence electrons. The number of piperidine rings is 1. The van der Waals surface area contributed by atoms with Gasteiger partial charge in [0.15, 0.2) is 0 Å². The molecule has 1 aromatic carbocycles. The number of nitrogens with zero attached hydrogens (tertiary/aromatic N) is 1. The molecule has 3 nitrogen and oxygen atoms in total. The first-order valence-corrected chi connectivity index (χ1v) is 7.76. The summed E-state index contributed by atoms with van der Waals surface area (Å²) in [6.45, 7) is 5.90. The minimum Gasteiger partial charge on any atom is -0.393 e. The van der Waals surface area contributed by atoms with E-state index in [1.807, 2.05) is 13.8 Å². The Balaban J connectivity index is 2.07. The van der Waals surface area contributed by atoms with E-state index in [4.69, 9.17) is 5.73 Å². The van der Waals surface area contributed by atoms with Gasteiger partial charge in [0, 0.05) is 23.6 Å². The maximum absolute atomic E-state index is 9.64. The molecule has 0 spiro atoms. The van der Waals surface area contributed by atoms with Crippen LogP contribution in [-0.4, -0.2) is 24.3 Å². The minimum atomic E-state index is -0.189.